The van der Waals surface area contributed by atoms with Gasteiger partial charge >= 0.3 is 5.63 Å². The van der Waals surface area contributed by atoms with Gasteiger partial charge in [0, 0.05) is 154 Å². The summed E-state index contributed by atoms with van der Waals surface area (Å²) in [5.74, 6) is 3.81. The van der Waals surface area contributed by atoms with E-state index in [0.29, 0.717) is 39.7 Å². The molecule has 0 aliphatic carbocycles. The number of carbonyl (C=O) groups is 2. The summed E-state index contributed by atoms with van der Waals surface area (Å²) >= 11 is 0. The number of aryl methyl sites for hydroxylation is 4. The molecule has 15 nitrogen and oxygen atoms in total. The number of nitrogens with one attached hydrogen (secondary N) is 1. The van der Waals surface area contributed by atoms with E-state index in [1.807, 2.05) is 359 Å². The number of aromatic amines is 1. The van der Waals surface area contributed by atoms with Gasteiger partial charge < -0.3 is 44.2 Å². The topological polar surface area (TPSA) is 184 Å². The number of likely N-dealkylation sites (tertiary alicyclic amines) is 1. The van der Waals surface area contributed by atoms with Crippen LogP contribution < -0.4 is 20.8 Å². The van der Waals surface area contributed by atoms with Crippen molar-refractivity contribution in [3.63, 3.8) is 0 Å². The predicted molar refractivity (Wildman–Crippen MR) is 540 cm³/mol. The van der Waals surface area contributed by atoms with E-state index >= 15 is 0 Å². The van der Waals surface area contributed by atoms with Gasteiger partial charge in [-0.2, -0.15) is 22.8 Å². The molecule has 130 heavy (non-hydrogen) atoms. The second-order valence-electron chi connectivity index (χ2n) is 28.6. The molecule has 1 amide bonds. The van der Waals surface area contributed by atoms with Gasteiger partial charge in [-0.1, -0.05) is 332 Å². The quantitative estimate of drug-likeness (QED) is 0.0483. The number of ketones is 1. The van der Waals surface area contributed by atoms with Crippen molar-refractivity contribution in [3.8, 4) is 22.9 Å². The van der Waals surface area contributed by atoms with Crippen molar-refractivity contribution in [3.05, 3.63) is 465 Å². The van der Waals surface area contributed by atoms with Gasteiger partial charge in [-0.05, 0) is 129 Å². The molecule has 1 atom stereocenters. The molecule has 1 aliphatic heterocycles. The number of hydrogen-bond acceptors (Lipinski definition) is 7. The molecule has 2 radical (unpaired) electrons. The Bertz CT molecular complexity index is 6050. The van der Waals surface area contributed by atoms with Crippen molar-refractivity contribution in [1.29, 1.82) is 0 Å². The Balaban J connectivity index is 0.000000304. The Morgan fingerprint density at radius 1 is 0.500 bits per heavy atom. The van der Waals surface area contributed by atoms with E-state index in [1.54, 1.807) is 67.7 Å². The maximum absolute atomic E-state index is 12.2. The summed E-state index contributed by atoms with van der Waals surface area (Å²) in [6.07, 6.45) is 6.54. The molecule has 4 aromatic heterocycles. The number of piperidine rings is 1. The molecule has 13 aromatic carbocycles. The predicted octanol–water partition coefficient (Wildman–Crippen LogP) is 27.0. The Labute approximate surface area is 821 Å². The number of nitrogens with zero attached hydrogens (tertiary/aromatic N) is 8. The molecule has 0 bridgehead atoms. The number of fused-ring (bicyclic) bond motifs is 4. The molecule has 666 valence electrons. The fourth-order valence-electron chi connectivity index (χ4n) is 12.6. The van der Waals surface area contributed by atoms with Crippen molar-refractivity contribution in [2.45, 2.75) is 95.9 Å². The van der Waals surface area contributed by atoms with E-state index in [4.69, 9.17) is 9.15 Å². The summed E-state index contributed by atoms with van der Waals surface area (Å²) in [5.41, 5.74) is 12.4. The monoisotopic (exact) mass is 1880 g/mol. The van der Waals surface area contributed by atoms with E-state index in [-0.39, 0.29) is 94.1 Å². The third-order valence-electron chi connectivity index (χ3n) is 19.2. The number of H-pyrrole nitrogens is 1. The Morgan fingerprint density at radius 3 is 1.51 bits per heavy atom. The molecule has 1 N–H and O–H groups in total. The van der Waals surface area contributed by atoms with Crippen LogP contribution in [0.3, 0.4) is 0 Å². The van der Waals surface area contributed by atoms with Gasteiger partial charge in [0.05, 0.1) is 10.9 Å². The first kappa shape index (κ1) is 110. The number of amides is 1. The zero-order chi connectivity index (χ0) is 93.0. The molecule has 0 saturated carbocycles. The number of ether oxygens (including phenoxy) is 1. The zero-order valence-corrected chi connectivity index (χ0v) is 84.1. The van der Waals surface area contributed by atoms with Crippen molar-refractivity contribution in [2.75, 3.05) is 39.1 Å². The Hall–Kier alpha value is -12.6. The number of rotatable bonds is 9. The van der Waals surface area contributed by atoms with Crippen LogP contribution in [-0.2, 0) is 79.5 Å². The summed E-state index contributed by atoms with van der Waals surface area (Å²) in [7, 11) is 9.17. The summed E-state index contributed by atoms with van der Waals surface area (Å²) in [6.45, 7) is 26.1. The minimum absolute atomic E-state index is 0. The van der Waals surface area contributed by atoms with E-state index < -0.39 is 0 Å². The van der Waals surface area contributed by atoms with Crippen molar-refractivity contribution in [2.24, 2.45) is 20.0 Å². The first-order chi connectivity index (χ1) is 62.3. The van der Waals surface area contributed by atoms with E-state index in [2.05, 4.69) is 114 Å². The fourth-order valence-corrected chi connectivity index (χ4v) is 12.6. The number of amidine groups is 2. The molecular formula is C113H123N9O6Y2-4. The SMILES string of the molecule is CC.CC.CC.CC.CC1CCCN(C(=[N-])c2[c-]cccc2)C1.CN(C(=O)c1ccccc1)c1ccccc1.CN(C)C(=[N-])c1[c-]cccc1.Cc1c[nH]c2ccccc12.Cc1cc2ccccc2oc1=O.Cc1ccc(Oc2ccccc2)cc1.Cn1c(-c2ccccc2)nc2ccccc2c1=O.Cn1ccc2ccccc21.O=C(c1ccccc1)c1ccccc1.[Y].[Y]. The van der Waals surface area contributed by atoms with Crippen LogP contribution in [0.1, 0.15) is 129 Å². The summed E-state index contributed by atoms with van der Waals surface area (Å²) in [4.78, 5) is 60.3. The molecule has 17 aromatic rings. The zero-order valence-electron chi connectivity index (χ0n) is 78.4. The maximum atomic E-state index is 12.2. The number of aromatic nitrogens is 4. The number of anilines is 1. The molecular weight excluding hydrogens is 1760 g/mol. The van der Waals surface area contributed by atoms with Gasteiger partial charge in [0.15, 0.2) is 5.78 Å². The number of para-hydroxylation sites is 6. The van der Waals surface area contributed by atoms with Gasteiger partial charge in [0.25, 0.3) is 11.5 Å². The normalized spacial score (nSPS) is 10.8. The van der Waals surface area contributed by atoms with E-state index in [0.717, 1.165) is 75.4 Å². The third-order valence-corrected chi connectivity index (χ3v) is 19.2. The minimum Gasteiger partial charge on any atom is -0.521 e. The summed E-state index contributed by atoms with van der Waals surface area (Å²) < 4.78 is 14.4. The van der Waals surface area contributed by atoms with Crippen LogP contribution in [-0.4, -0.2) is 86.5 Å². The van der Waals surface area contributed by atoms with Gasteiger partial charge in [0.2, 0.25) is 0 Å². The molecule has 1 aliphatic rings. The second-order valence-corrected chi connectivity index (χ2v) is 28.6. The van der Waals surface area contributed by atoms with Gasteiger partial charge in [-0.15, -0.1) is 60.7 Å². The van der Waals surface area contributed by atoms with Crippen LogP contribution in [0, 0.1) is 38.8 Å². The number of benzene rings is 13. The fraction of sp³-hybridized carbons (Fsp3) is 0.195. The molecule has 0 spiro atoms. The minimum atomic E-state index is -0.256. The van der Waals surface area contributed by atoms with Crippen LogP contribution in [0.25, 0.3) is 65.9 Å². The second kappa shape index (κ2) is 61.8. The third kappa shape index (κ3) is 35.8. The summed E-state index contributed by atoms with van der Waals surface area (Å²) in [6, 6.07) is 121. The van der Waals surface area contributed by atoms with Crippen LogP contribution in [0.4, 0.5) is 5.69 Å². The van der Waals surface area contributed by atoms with E-state index in [1.165, 1.54) is 39.4 Å². The maximum Gasteiger partial charge on any atom is 0.339 e. The van der Waals surface area contributed by atoms with Crippen LogP contribution >= 0.6 is 0 Å². The number of carbonyl (C=O) groups excluding carboxylic acids is 2. The summed E-state index contributed by atoms with van der Waals surface area (Å²) in [5, 5.41) is 23.7. The first-order valence-electron chi connectivity index (χ1n) is 43.6. The largest absolute Gasteiger partial charge is 0.521 e. The number of hydrogen-bond donors (Lipinski definition) is 1. The standard InChI is InChI=1S/C15H12N2O.C14H13NO.C13H16N2.C13H12O.C13H10O.C10H8O2.C9H10N2.2C9H9N.4C2H6.2Y/c1-17-14(11-7-3-2-4-8-11)16-13-10-6-5-9-12(13)15(17)18;1-15(13-10-6-3-7-11-13)14(16)12-8-4-2-5-9-12;1-11-6-5-9-15(10-11)13(14)12-7-3-2-4-8-12;1-11-7-9-13(10-8-11)14-12-5-3-2-4-6-12;14-13(11-7-3-1-4-8-11)12-9-5-2-6-10-12;1-7-6-8-4-2-3-5-9(8)12-10(7)11;1-11(2)9(10)8-6-4-3-5-7-8;1-10-7-6-8-4-2-3-5-9(8)10;1-7-6-10-9-5-3-2-4-8(7)9;4*1-2;;/h2-10H,1H3;2-11H,1H3;2-4,7,11H,5-6,9-10H2,1H3;2-10H,1H3;1-10H;2-6H,1H3;3-6H,1-2H3;2-7H,1H3;2-6,10H,1H3;4*1-2H3;;/q;;-2;;;;-2;;;;;;;;. The molecule has 18 rings (SSSR count). The van der Waals surface area contributed by atoms with E-state index in [9.17, 15) is 30.0 Å². The van der Waals surface area contributed by atoms with Crippen LogP contribution in [0.2, 0.25) is 0 Å². The van der Waals surface area contributed by atoms with Crippen molar-refractivity contribution < 1.29 is 84.2 Å². The smallest absolute Gasteiger partial charge is 0.339 e. The Kier molecular flexibility index (Phi) is 52.1. The molecule has 1 fully saturated rings. The van der Waals surface area contributed by atoms with Crippen LogP contribution in [0.5, 0.6) is 11.5 Å². The molecule has 5 heterocycles. The van der Waals surface area contributed by atoms with Crippen molar-refractivity contribution in [1.82, 2.24) is 28.9 Å². The van der Waals surface area contributed by atoms with Crippen LogP contribution in [0.15, 0.2) is 390 Å². The van der Waals surface area contributed by atoms with Crippen molar-refractivity contribution >= 4 is 72.7 Å². The average Bonchev–Trinajstić information content (AvgIpc) is 0.981. The molecule has 1 saturated heterocycles. The van der Waals surface area contributed by atoms with Gasteiger partial charge in [-0.3, -0.25) is 19.0 Å². The van der Waals surface area contributed by atoms with Gasteiger partial charge in [0.1, 0.15) is 22.9 Å². The van der Waals surface area contributed by atoms with Gasteiger partial charge in [-0.25, -0.2) is 9.78 Å². The molecule has 1 unspecified atom stereocenters. The Morgan fingerprint density at radius 2 is 0.969 bits per heavy atom. The average molecular weight is 1880 g/mol. The molecule has 17 heteroatoms. The first-order valence-corrected chi connectivity index (χ1v) is 43.6.